The monoisotopic (exact) mass is 372 g/mol. The molecule has 2 rings (SSSR count). The smallest absolute Gasteiger partial charge is 0.410 e. The first kappa shape index (κ1) is 20.4. The Kier molecular flexibility index (Phi) is 6.93. The van der Waals surface area contributed by atoms with E-state index in [1.165, 1.54) is 0 Å². The molecule has 0 aliphatic carbocycles. The van der Waals surface area contributed by atoms with Crippen molar-refractivity contribution in [3.8, 4) is 11.5 Å². The van der Waals surface area contributed by atoms with Crippen LogP contribution in [0.25, 0.3) is 0 Å². The van der Waals surface area contributed by atoms with Crippen molar-refractivity contribution >= 4 is 11.8 Å². The maximum atomic E-state index is 12.6. The van der Waals surface area contributed by atoms with Gasteiger partial charge in [-0.15, -0.1) is 0 Å². The fourth-order valence-corrected chi connectivity index (χ4v) is 2.44. The summed E-state index contributed by atoms with van der Waals surface area (Å²) in [6, 6.07) is 14.8. The summed E-state index contributed by atoms with van der Waals surface area (Å²) < 4.78 is 16.5. The Balaban J connectivity index is 2.03. The topological polar surface area (TPSA) is 74.0 Å². The Morgan fingerprint density at radius 3 is 2.44 bits per heavy atom. The Hall–Kier alpha value is -2.89. The van der Waals surface area contributed by atoms with Crippen LogP contribution in [0, 0.1) is 0 Å². The molecule has 0 aliphatic rings. The van der Waals surface area contributed by atoms with Gasteiger partial charge in [-0.3, -0.25) is 0 Å². The molecule has 0 radical (unpaired) electrons. The first-order chi connectivity index (χ1) is 12.8. The standard InChI is InChI=1S/C21H28N2O4/c1-21(2,3)27-20(24)23(15-16-7-5-8-17(22)13-16)11-12-26-19-10-6-9-18(14-19)25-4/h5-10,13-14H,11-12,15,22H2,1-4H3. The predicted molar refractivity (Wildman–Crippen MR) is 106 cm³/mol. The van der Waals surface area contributed by atoms with E-state index in [0.29, 0.717) is 31.1 Å². The van der Waals surface area contributed by atoms with Gasteiger partial charge in [-0.25, -0.2) is 4.79 Å². The van der Waals surface area contributed by atoms with Gasteiger partial charge in [0, 0.05) is 18.3 Å². The molecular formula is C21H28N2O4. The number of benzene rings is 2. The zero-order valence-electron chi connectivity index (χ0n) is 16.4. The number of amides is 1. The molecule has 0 saturated heterocycles. The van der Waals surface area contributed by atoms with Gasteiger partial charge in [0.15, 0.2) is 0 Å². The van der Waals surface area contributed by atoms with E-state index in [1.807, 2.05) is 63.2 Å². The molecule has 0 bridgehead atoms. The van der Waals surface area contributed by atoms with E-state index in [2.05, 4.69) is 0 Å². The van der Waals surface area contributed by atoms with Crippen molar-refractivity contribution in [3.05, 3.63) is 54.1 Å². The number of carbonyl (C=O) groups is 1. The number of hydrogen-bond donors (Lipinski definition) is 1. The molecule has 146 valence electrons. The van der Waals surface area contributed by atoms with Gasteiger partial charge in [0.25, 0.3) is 0 Å². The highest BCUT2D eigenvalue weighted by Gasteiger charge is 2.22. The molecule has 0 fully saturated rings. The van der Waals surface area contributed by atoms with Gasteiger partial charge < -0.3 is 24.8 Å². The molecule has 27 heavy (non-hydrogen) atoms. The summed E-state index contributed by atoms with van der Waals surface area (Å²) in [6.07, 6.45) is -0.390. The number of ether oxygens (including phenoxy) is 3. The Morgan fingerprint density at radius 2 is 1.78 bits per heavy atom. The summed E-state index contributed by atoms with van der Waals surface area (Å²) in [5.41, 5.74) is 6.86. The third-order valence-electron chi connectivity index (χ3n) is 3.65. The highest BCUT2D eigenvalue weighted by Crippen LogP contribution is 2.19. The van der Waals surface area contributed by atoms with Crippen molar-refractivity contribution in [1.82, 2.24) is 4.90 Å². The first-order valence-corrected chi connectivity index (χ1v) is 8.86. The largest absolute Gasteiger partial charge is 0.497 e. The normalized spacial score (nSPS) is 11.0. The second-order valence-electron chi connectivity index (χ2n) is 7.17. The van der Waals surface area contributed by atoms with E-state index in [1.54, 1.807) is 18.1 Å². The van der Waals surface area contributed by atoms with E-state index >= 15 is 0 Å². The predicted octanol–water partition coefficient (Wildman–Crippen LogP) is 4.09. The summed E-state index contributed by atoms with van der Waals surface area (Å²) in [6.45, 7) is 6.63. The lowest BCUT2D eigenvalue weighted by molar-refractivity contribution is 0.0209. The van der Waals surface area contributed by atoms with Crippen molar-refractivity contribution in [1.29, 1.82) is 0 Å². The molecule has 6 nitrogen and oxygen atoms in total. The van der Waals surface area contributed by atoms with Crippen molar-refractivity contribution in [2.75, 3.05) is 26.0 Å². The molecule has 2 aromatic carbocycles. The van der Waals surface area contributed by atoms with Gasteiger partial charge in [0.05, 0.1) is 13.7 Å². The molecule has 0 saturated carbocycles. The summed E-state index contributed by atoms with van der Waals surface area (Å²) in [7, 11) is 1.61. The third kappa shape index (κ3) is 7.09. The number of methoxy groups -OCH3 is 1. The Bertz CT molecular complexity index is 756. The molecule has 0 spiro atoms. The fraction of sp³-hybridized carbons (Fsp3) is 0.381. The Morgan fingerprint density at radius 1 is 1.07 bits per heavy atom. The van der Waals surface area contributed by atoms with Crippen molar-refractivity contribution in [3.63, 3.8) is 0 Å². The number of hydrogen-bond acceptors (Lipinski definition) is 5. The van der Waals surface area contributed by atoms with Crippen molar-refractivity contribution < 1.29 is 19.0 Å². The molecule has 2 aromatic rings. The molecule has 1 amide bonds. The fourth-order valence-electron chi connectivity index (χ4n) is 2.44. The highest BCUT2D eigenvalue weighted by molar-refractivity contribution is 5.68. The minimum atomic E-state index is -0.571. The second-order valence-corrected chi connectivity index (χ2v) is 7.17. The van der Waals surface area contributed by atoms with Gasteiger partial charge in [0.2, 0.25) is 0 Å². The second kappa shape index (κ2) is 9.16. The van der Waals surface area contributed by atoms with Crippen LogP contribution >= 0.6 is 0 Å². The molecule has 0 unspecified atom stereocenters. The van der Waals surface area contributed by atoms with Gasteiger partial charge in [-0.1, -0.05) is 18.2 Å². The summed E-state index contributed by atoms with van der Waals surface area (Å²) >= 11 is 0. The van der Waals surface area contributed by atoms with Crippen LogP contribution in [0.4, 0.5) is 10.5 Å². The first-order valence-electron chi connectivity index (χ1n) is 8.86. The third-order valence-corrected chi connectivity index (χ3v) is 3.65. The number of carbonyl (C=O) groups excluding carboxylic acids is 1. The summed E-state index contributed by atoms with van der Waals surface area (Å²) in [4.78, 5) is 14.2. The lowest BCUT2D eigenvalue weighted by Crippen LogP contribution is -2.38. The quantitative estimate of drug-likeness (QED) is 0.741. The molecular weight excluding hydrogens is 344 g/mol. The van der Waals surface area contributed by atoms with Crippen LogP contribution in [0.15, 0.2) is 48.5 Å². The molecule has 2 N–H and O–H groups in total. The number of anilines is 1. The molecule has 0 atom stereocenters. The van der Waals surface area contributed by atoms with E-state index in [9.17, 15) is 4.79 Å². The number of rotatable bonds is 7. The van der Waals surface area contributed by atoms with Gasteiger partial charge >= 0.3 is 6.09 Å². The molecule has 0 aromatic heterocycles. The van der Waals surface area contributed by atoms with Crippen LogP contribution in [-0.2, 0) is 11.3 Å². The highest BCUT2D eigenvalue weighted by atomic mass is 16.6. The van der Waals surface area contributed by atoms with Crippen LogP contribution in [0.5, 0.6) is 11.5 Å². The van der Waals surface area contributed by atoms with E-state index in [-0.39, 0.29) is 6.09 Å². The van der Waals surface area contributed by atoms with Crippen LogP contribution in [0.2, 0.25) is 0 Å². The lowest BCUT2D eigenvalue weighted by atomic mass is 10.2. The van der Waals surface area contributed by atoms with Crippen molar-refractivity contribution in [2.24, 2.45) is 0 Å². The zero-order valence-corrected chi connectivity index (χ0v) is 16.4. The van der Waals surface area contributed by atoms with E-state index in [4.69, 9.17) is 19.9 Å². The lowest BCUT2D eigenvalue weighted by Gasteiger charge is -2.27. The Labute approximate surface area is 160 Å². The average Bonchev–Trinajstić information content (AvgIpc) is 2.59. The minimum absolute atomic E-state index is 0.328. The number of nitrogen functional groups attached to an aromatic ring is 1. The van der Waals surface area contributed by atoms with Crippen LogP contribution in [0.1, 0.15) is 26.3 Å². The molecule has 6 heteroatoms. The number of nitrogens with two attached hydrogens (primary N) is 1. The molecule has 0 aliphatic heterocycles. The maximum absolute atomic E-state index is 12.6. The van der Waals surface area contributed by atoms with Gasteiger partial charge in [-0.05, 0) is 50.6 Å². The maximum Gasteiger partial charge on any atom is 0.410 e. The number of nitrogens with zero attached hydrogens (tertiary/aromatic N) is 1. The summed E-state index contributed by atoms with van der Waals surface area (Å²) in [5.74, 6) is 1.40. The van der Waals surface area contributed by atoms with Crippen molar-refractivity contribution in [2.45, 2.75) is 32.9 Å². The molecule has 0 heterocycles. The average molecular weight is 372 g/mol. The zero-order chi connectivity index (χ0) is 19.9. The van der Waals surface area contributed by atoms with Crippen LogP contribution < -0.4 is 15.2 Å². The van der Waals surface area contributed by atoms with Gasteiger partial charge in [0.1, 0.15) is 23.7 Å². The van der Waals surface area contributed by atoms with E-state index < -0.39 is 5.60 Å². The minimum Gasteiger partial charge on any atom is -0.497 e. The summed E-state index contributed by atoms with van der Waals surface area (Å²) in [5, 5.41) is 0. The van der Waals surface area contributed by atoms with Crippen LogP contribution in [-0.4, -0.2) is 36.9 Å². The van der Waals surface area contributed by atoms with Crippen LogP contribution in [0.3, 0.4) is 0 Å². The SMILES string of the molecule is COc1cccc(OCCN(Cc2cccc(N)c2)C(=O)OC(C)(C)C)c1. The van der Waals surface area contributed by atoms with Gasteiger partial charge in [-0.2, -0.15) is 0 Å². The van der Waals surface area contributed by atoms with E-state index in [0.717, 1.165) is 11.3 Å².